The molecule has 3 N–H and O–H groups in total. The van der Waals surface area contributed by atoms with Gasteiger partial charge in [0.1, 0.15) is 0 Å². The number of carbonyl (C=O) groups is 1. The number of H-pyrrole nitrogens is 1. The molecule has 2 aromatic rings. The molecule has 0 saturated carbocycles. The minimum atomic E-state index is -0.832. The van der Waals surface area contributed by atoms with Gasteiger partial charge in [-0.3, -0.25) is 9.79 Å². The Morgan fingerprint density at radius 2 is 2.07 bits per heavy atom. The van der Waals surface area contributed by atoms with Crippen LogP contribution in [0.5, 0.6) is 0 Å². The largest absolute Gasteiger partial charge is 0.481 e. The van der Waals surface area contributed by atoms with E-state index in [9.17, 15) is 4.79 Å². The average Bonchev–Trinajstić information content (AvgIpc) is 3.28. The Balaban J connectivity index is 1.86. The Kier molecular flexibility index (Phi) is 7.42. The van der Waals surface area contributed by atoms with Crippen molar-refractivity contribution in [1.29, 1.82) is 0 Å². The van der Waals surface area contributed by atoms with Crippen molar-refractivity contribution in [3.63, 3.8) is 0 Å². The third-order valence-corrected chi connectivity index (χ3v) is 5.01. The molecule has 0 atom stereocenters. The second-order valence-electron chi connectivity index (χ2n) is 6.56. The molecular formula is C21H22N2O5S. The summed E-state index contributed by atoms with van der Waals surface area (Å²) in [4.78, 5) is 18.8. The number of allylic oxidation sites excluding steroid dienone is 2. The Bertz CT molecular complexity index is 947. The van der Waals surface area contributed by atoms with Crippen LogP contribution in [-0.4, -0.2) is 32.8 Å². The highest BCUT2D eigenvalue weighted by molar-refractivity contribution is 7.94. The lowest BCUT2D eigenvalue weighted by molar-refractivity contribution is -0.432. The van der Waals surface area contributed by atoms with E-state index in [1.807, 2.05) is 49.4 Å². The second kappa shape index (κ2) is 10.2. The molecule has 0 aliphatic carbocycles. The van der Waals surface area contributed by atoms with Crippen LogP contribution in [0.15, 0.2) is 58.7 Å². The molecule has 1 aromatic carbocycles. The molecular weight excluding hydrogens is 392 g/mol. The van der Waals surface area contributed by atoms with Gasteiger partial charge >= 0.3 is 5.97 Å². The first-order valence-electron chi connectivity index (χ1n) is 9.13. The zero-order chi connectivity index (χ0) is 20.6. The lowest BCUT2D eigenvalue weighted by Crippen LogP contribution is -1.99. The van der Waals surface area contributed by atoms with E-state index in [0.29, 0.717) is 18.6 Å². The smallest absolute Gasteiger partial charge is 0.303 e. The fourth-order valence-corrected chi connectivity index (χ4v) is 3.49. The molecule has 1 aliphatic heterocycles. The average molecular weight is 414 g/mol. The number of carboxylic acid groups (broad SMARTS) is 1. The topological polar surface area (TPSA) is 104 Å². The lowest BCUT2D eigenvalue weighted by Gasteiger charge is -2.01. The van der Waals surface area contributed by atoms with Crippen LogP contribution in [-0.2, 0) is 20.6 Å². The summed E-state index contributed by atoms with van der Waals surface area (Å²) in [5.74, 6) is -0.243. The molecule has 0 saturated heterocycles. The minimum Gasteiger partial charge on any atom is -0.481 e. The summed E-state index contributed by atoms with van der Waals surface area (Å²) in [7, 11) is 0. The van der Waals surface area contributed by atoms with E-state index in [1.54, 1.807) is 0 Å². The Hall–Kier alpha value is -2.65. The number of aryl methyl sites for hydroxylation is 1. The van der Waals surface area contributed by atoms with E-state index in [-0.39, 0.29) is 6.42 Å². The maximum atomic E-state index is 10.8. The van der Waals surface area contributed by atoms with Crippen LogP contribution in [0.25, 0.3) is 17.3 Å². The molecule has 1 aromatic heterocycles. The zero-order valence-corrected chi connectivity index (χ0v) is 16.7. The Morgan fingerprint density at radius 3 is 2.79 bits per heavy atom. The molecule has 152 valence electrons. The van der Waals surface area contributed by atoms with Crippen molar-refractivity contribution in [3.05, 3.63) is 65.0 Å². The summed E-state index contributed by atoms with van der Waals surface area (Å²) in [5.41, 5.74) is 6.66. The van der Waals surface area contributed by atoms with E-state index in [1.165, 1.54) is 0 Å². The van der Waals surface area contributed by atoms with E-state index < -0.39 is 5.97 Å². The van der Waals surface area contributed by atoms with Crippen molar-refractivity contribution in [2.45, 2.75) is 26.2 Å². The summed E-state index contributed by atoms with van der Waals surface area (Å²) < 4.78 is 4.46. The van der Waals surface area contributed by atoms with Crippen molar-refractivity contribution < 1.29 is 24.5 Å². The van der Waals surface area contributed by atoms with Crippen molar-refractivity contribution in [3.8, 4) is 11.3 Å². The Labute approximate surface area is 172 Å². The number of nitrogens with zero attached hydrogens (tertiary/aromatic N) is 1. The number of aromatic amines is 1. The summed E-state index contributed by atoms with van der Waals surface area (Å²) in [5, 5.41) is 20.8. The van der Waals surface area contributed by atoms with E-state index in [0.717, 1.165) is 51.5 Å². The van der Waals surface area contributed by atoms with Gasteiger partial charge in [-0.15, -0.1) is 4.33 Å². The number of hydrogen-bond donors (Lipinski definition) is 3. The molecule has 3 rings (SSSR count). The molecule has 0 fully saturated rings. The van der Waals surface area contributed by atoms with E-state index >= 15 is 0 Å². The van der Waals surface area contributed by atoms with Crippen LogP contribution in [0.2, 0.25) is 0 Å². The first-order valence-corrected chi connectivity index (χ1v) is 10.0. The molecule has 29 heavy (non-hydrogen) atoms. The van der Waals surface area contributed by atoms with Gasteiger partial charge in [-0.25, -0.2) is 5.26 Å². The monoisotopic (exact) mass is 414 g/mol. The maximum absolute atomic E-state index is 10.8. The minimum absolute atomic E-state index is 0.0615. The molecule has 7 nitrogen and oxygen atoms in total. The van der Waals surface area contributed by atoms with Crippen molar-refractivity contribution in [2.24, 2.45) is 4.99 Å². The molecule has 8 heteroatoms. The number of aliphatic carboxylic acids is 1. The predicted octanol–water partition coefficient (Wildman–Crippen LogP) is 4.90. The first-order chi connectivity index (χ1) is 14.1. The van der Waals surface area contributed by atoms with Gasteiger partial charge in [-0.2, -0.15) is 0 Å². The number of aromatic nitrogens is 1. The van der Waals surface area contributed by atoms with E-state index in [4.69, 9.17) is 10.4 Å². The first kappa shape index (κ1) is 21.1. The quantitative estimate of drug-likeness (QED) is 0.221. The third kappa shape index (κ3) is 5.91. The summed E-state index contributed by atoms with van der Waals surface area (Å²) in [6, 6.07) is 12.1. The SMILES string of the molecule is CC1=CC(CCC(=O)O)=N/C1=C\c1[nH]c(-c2ccccc2)cc1CCSOOO. The van der Waals surface area contributed by atoms with Gasteiger partial charge in [0.2, 0.25) is 0 Å². The van der Waals surface area contributed by atoms with Crippen molar-refractivity contribution in [1.82, 2.24) is 4.98 Å². The van der Waals surface area contributed by atoms with Gasteiger partial charge in [-0.1, -0.05) is 35.4 Å². The maximum Gasteiger partial charge on any atom is 0.303 e. The van der Waals surface area contributed by atoms with Gasteiger partial charge in [0, 0.05) is 41.3 Å². The van der Waals surface area contributed by atoms with Crippen LogP contribution in [0.1, 0.15) is 31.0 Å². The standard InChI is InChI=1S/C21H22N2O5S/c1-14-11-17(7-8-21(24)25)22-18(14)13-20-16(9-10-29-28-27-26)12-19(23-20)15-5-3-2-4-6-15/h2-6,11-13,23,26H,7-10H2,1H3,(H,24,25)/b18-13-. The van der Waals surface area contributed by atoms with Crippen LogP contribution in [0.3, 0.4) is 0 Å². The molecule has 0 unspecified atom stereocenters. The highest BCUT2D eigenvalue weighted by Crippen LogP contribution is 2.28. The molecule has 2 heterocycles. The number of nitrogens with one attached hydrogen (secondary N) is 1. The van der Waals surface area contributed by atoms with Gasteiger partial charge < -0.3 is 10.1 Å². The van der Waals surface area contributed by atoms with Gasteiger partial charge in [0.05, 0.1) is 12.1 Å². The highest BCUT2D eigenvalue weighted by atomic mass is 32.2. The molecule has 0 radical (unpaired) electrons. The second-order valence-corrected chi connectivity index (χ2v) is 7.34. The van der Waals surface area contributed by atoms with Gasteiger partial charge in [0.25, 0.3) is 0 Å². The fraction of sp³-hybridized carbons (Fsp3) is 0.238. The van der Waals surface area contributed by atoms with Crippen LogP contribution >= 0.6 is 12.0 Å². The summed E-state index contributed by atoms with van der Waals surface area (Å²) >= 11 is 1.01. The number of aliphatic imine (C=N–C) groups is 1. The normalized spacial score (nSPS) is 14.9. The van der Waals surface area contributed by atoms with Gasteiger partial charge in [0.15, 0.2) is 0 Å². The van der Waals surface area contributed by atoms with Crippen LogP contribution in [0.4, 0.5) is 0 Å². The number of rotatable bonds is 10. The van der Waals surface area contributed by atoms with Crippen molar-refractivity contribution in [2.75, 3.05) is 5.75 Å². The fourth-order valence-electron chi connectivity index (χ4n) is 3.07. The van der Waals surface area contributed by atoms with Crippen LogP contribution in [0, 0.1) is 0 Å². The molecule has 0 amide bonds. The Morgan fingerprint density at radius 1 is 1.28 bits per heavy atom. The van der Waals surface area contributed by atoms with Crippen LogP contribution < -0.4 is 0 Å². The highest BCUT2D eigenvalue weighted by Gasteiger charge is 2.14. The third-order valence-electron chi connectivity index (χ3n) is 4.48. The summed E-state index contributed by atoms with van der Waals surface area (Å²) in [6.07, 6.45) is 5.07. The lowest BCUT2D eigenvalue weighted by atomic mass is 10.1. The molecule has 0 spiro atoms. The number of hydrogen-bond acceptors (Lipinski definition) is 6. The van der Waals surface area contributed by atoms with E-state index in [2.05, 4.69) is 25.4 Å². The number of benzene rings is 1. The summed E-state index contributed by atoms with van der Waals surface area (Å²) in [6.45, 7) is 1.96. The molecule has 0 bridgehead atoms. The molecule has 1 aliphatic rings. The zero-order valence-electron chi connectivity index (χ0n) is 15.9. The predicted molar refractivity (Wildman–Crippen MR) is 113 cm³/mol. The number of carboxylic acids is 1. The van der Waals surface area contributed by atoms with Crippen molar-refractivity contribution >= 4 is 29.8 Å². The van der Waals surface area contributed by atoms with Gasteiger partial charge in [-0.05, 0) is 48.3 Å².